The molecule has 0 saturated heterocycles. The zero-order valence-electron chi connectivity index (χ0n) is 17.3. The molecule has 11 nitrogen and oxygen atoms in total. The number of H-pyrrole nitrogens is 1. The van der Waals surface area contributed by atoms with Gasteiger partial charge in [0.1, 0.15) is 17.7 Å². The van der Waals surface area contributed by atoms with Crippen molar-refractivity contribution in [3.63, 3.8) is 0 Å². The Bertz CT molecular complexity index is 1460. The van der Waals surface area contributed by atoms with Crippen LogP contribution >= 0.6 is 0 Å². The molecule has 0 aliphatic rings. The molecule has 4 aromatic rings. The molecule has 1 aromatic carbocycles. The Morgan fingerprint density at radius 1 is 1.24 bits per heavy atom. The number of unbranched alkanes of at least 4 members (excludes halogenated alkanes) is 1. The Hall–Kier alpha value is -4.00. The second kappa shape index (κ2) is 8.86. The van der Waals surface area contributed by atoms with Gasteiger partial charge in [-0.3, -0.25) is 9.59 Å². The SMILES string of the molecule is CCCCc1cc(=O)c(C(=O)NS(=O)(=O)c2nc3cncnc3[nH]2)nn1-c1ccc(F)cc1. The van der Waals surface area contributed by atoms with Crippen molar-refractivity contribution in [1.82, 2.24) is 34.4 Å². The molecule has 3 aromatic heterocycles. The van der Waals surface area contributed by atoms with Gasteiger partial charge in [0.2, 0.25) is 10.6 Å². The van der Waals surface area contributed by atoms with Crippen molar-refractivity contribution in [3.8, 4) is 5.69 Å². The van der Waals surface area contributed by atoms with Gasteiger partial charge in [0, 0.05) is 11.8 Å². The number of fused-ring (bicyclic) bond motifs is 1. The molecular formula is C20H18FN7O4S. The fraction of sp³-hybridized carbons (Fsp3) is 0.200. The summed E-state index contributed by atoms with van der Waals surface area (Å²) >= 11 is 0. The van der Waals surface area contributed by atoms with Crippen molar-refractivity contribution in [1.29, 1.82) is 0 Å². The number of amides is 1. The minimum atomic E-state index is -4.47. The molecular weight excluding hydrogens is 453 g/mol. The molecule has 0 aliphatic heterocycles. The number of carbonyl (C=O) groups excluding carboxylic acids is 1. The van der Waals surface area contributed by atoms with Crippen LogP contribution in [0.2, 0.25) is 0 Å². The van der Waals surface area contributed by atoms with Crippen LogP contribution in [0.4, 0.5) is 4.39 Å². The summed E-state index contributed by atoms with van der Waals surface area (Å²) in [6.45, 7) is 1.98. The zero-order valence-corrected chi connectivity index (χ0v) is 18.1. The summed E-state index contributed by atoms with van der Waals surface area (Å²) < 4.78 is 41.8. The van der Waals surface area contributed by atoms with Gasteiger partial charge in [-0.05, 0) is 37.1 Å². The summed E-state index contributed by atoms with van der Waals surface area (Å²) in [6.07, 6.45) is 4.59. The van der Waals surface area contributed by atoms with Crippen molar-refractivity contribution >= 4 is 27.1 Å². The molecule has 0 unspecified atom stereocenters. The van der Waals surface area contributed by atoms with Crippen LogP contribution in [0.25, 0.3) is 16.9 Å². The van der Waals surface area contributed by atoms with Crippen LogP contribution in [0.3, 0.4) is 0 Å². The van der Waals surface area contributed by atoms with Gasteiger partial charge in [-0.2, -0.15) is 13.5 Å². The maximum atomic E-state index is 13.4. The number of nitrogens with one attached hydrogen (secondary N) is 2. The van der Waals surface area contributed by atoms with Crippen molar-refractivity contribution in [3.05, 3.63) is 70.3 Å². The number of imidazole rings is 1. The van der Waals surface area contributed by atoms with E-state index in [1.807, 2.05) is 6.92 Å². The summed E-state index contributed by atoms with van der Waals surface area (Å²) in [6, 6.07) is 6.54. The summed E-state index contributed by atoms with van der Waals surface area (Å²) in [5.41, 5.74) is -0.127. The monoisotopic (exact) mass is 471 g/mol. The fourth-order valence-corrected chi connectivity index (χ4v) is 3.97. The molecule has 0 atom stereocenters. The van der Waals surface area contributed by atoms with E-state index < -0.39 is 38.0 Å². The molecule has 13 heteroatoms. The van der Waals surface area contributed by atoms with Gasteiger partial charge >= 0.3 is 0 Å². The van der Waals surface area contributed by atoms with E-state index in [4.69, 9.17) is 0 Å². The molecule has 0 spiro atoms. The van der Waals surface area contributed by atoms with Crippen LogP contribution < -0.4 is 10.2 Å². The van der Waals surface area contributed by atoms with E-state index in [0.29, 0.717) is 17.8 Å². The third-order valence-electron chi connectivity index (χ3n) is 4.70. The van der Waals surface area contributed by atoms with Crippen LogP contribution in [-0.2, 0) is 16.4 Å². The summed E-state index contributed by atoms with van der Waals surface area (Å²) in [5.74, 6) is -1.70. The summed E-state index contributed by atoms with van der Waals surface area (Å²) in [7, 11) is -4.47. The van der Waals surface area contributed by atoms with E-state index in [2.05, 4.69) is 25.0 Å². The first kappa shape index (κ1) is 22.2. The zero-order chi connectivity index (χ0) is 23.6. The highest BCUT2D eigenvalue weighted by Crippen LogP contribution is 2.14. The molecule has 0 fully saturated rings. The minimum Gasteiger partial charge on any atom is -0.312 e. The molecule has 33 heavy (non-hydrogen) atoms. The molecule has 3 heterocycles. The first-order chi connectivity index (χ1) is 15.8. The number of rotatable bonds is 7. The molecule has 0 saturated carbocycles. The largest absolute Gasteiger partial charge is 0.312 e. The van der Waals surface area contributed by atoms with E-state index in [-0.39, 0.29) is 11.2 Å². The minimum absolute atomic E-state index is 0.162. The van der Waals surface area contributed by atoms with Crippen molar-refractivity contribution in [2.45, 2.75) is 31.3 Å². The molecule has 2 N–H and O–H groups in total. The van der Waals surface area contributed by atoms with Crippen LogP contribution in [0, 0.1) is 5.82 Å². The van der Waals surface area contributed by atoms with Gasteiger partial charge in [-0.1, -0.05) is 13.3 Å². The number of aromatic nitrogens is 6. The van der Waals surface area contributed by atoms with Crippen molar-refractivity contribution in [2.75, 3.05) is 0 Å². The summed E-state index contributed by atoms with van der Waals surface area (Å²) in [5, 5.41) is 3.53. The van der Waals surface area contributed by atoms with Gasteiger partial charge in [-0.25, -0.2) is 28.7 Å². The number of aromatic amines is 1. The van der Waals surface area contributed by atoms with Crippen LogP contribution in [-0.4, -0.2) is 44.0 Å². The smallest absolute Gasteiger partial charge is 0.298 e. The molecule has 0 radical (unpaired) electrons. The Morgan fingerprint density at radius 2 is 2.00 bits per heavy atom. The highest BCUT2D eigenvalue weighted by atomic mass is 32.2. The molecule has 0 bridgehead atoms. The van der Waals surface area contributed by atoms with E-state index in [9.17, 15) is 22.4 Å². The fourth-order valence-electron chi connectivity index (χ4n) is 3.08. The van der Waals surface area contributed by atoms with Crippen LogP contribution in [0.1, 0.15) is 35.9 Å². The second-order valence-corrected chi connectivity index (χ2v) is 8.67. The molecule has 1 amide bonds. The van der Waals surface area contributed by atoms with E-state index in [1.54, 1.807) is 4.72 Å². The number of benzene rings is 1. The third-order valence-corrected chi connectivity index (χ3v) is 5.85. The average Bonchev–Trinajstić information content (AvgIpc) is 3.23. The number of halogens is 1. The Labute approximate surface area is 186 Å². The standard InChI is InChI=1S/C20H18FN7O4S/c1-2-3-4-14-9-16(29)17(26-28(14)13-7-5-12(21)6-8-13)19(30)27-33(31,32)20-24-15-10-22-11-23-18(15)25-20/h5-11H,2-4H2,1H3,(H,27,30)(H,22,23,24,25). The third kappa shape index (κ3) is 4.62. The molecule has 0 aliphatic carbocycles. The second-order valence-electron chi connectivity index (χ2n) is 7.07. The first-order valence-electron chi connectivity index (χ1n) is 9.90. The lowest BCUT2D eigenvalue weighted by molar-refractivity contribution is 0.0973. The Morgan fingerprint density at radius 3 is 2.70 bits per heavy atom. The van der Waals surface area contributed by atoms with E-state index in [0.717, 1.165) is 12.8 Å². The lowest BCUT2D eigenvalue weighted by Crippen LogP contribution is -2.36. The number of nitrogens with zero attached hydrogens (tertiary/aromatic N) is 5. The lowest BCUT2D eigenvalue weighted by atomic mass is 10.1. The molecule has 170 valence electrons. The van der Waals surface area contributed by atoms with Crippen LogP contribution in [0.15, 0.2) is 52.8 Å². The van der Waals surface area contributed by atoms with Crippen LogP contribution in [0.5, 0.6) is 0 Å². The highest BCUT2D eigenvalue weighted by molar-refractivity contribution is 7.89. The topological polar surface area (TPSA) is 153 Å². The lowest BCUT2D eigenvalue weighted by Gasteiger charge is -2.13. The number of hydrogen-bond acceptors (Lipinski definition) is 8. The normalized spacial score (nSPS) is 11.6. The predicted octanol–water partition coefficient (Wildman–Crippen LogP) is 1.50. The Balaban J connectivity index is 1.71. The maximum Gasteiger partial charge on any atom is 0.298 e. The van der Waals surface area contributed by atoms with Gasteiger partial charge < -0.3 is 4.98 Å². The van der Waals surface area contributed by atoms with Gasteiger partial charge in [0.15, 0.2) is 11.3 Å². The average molecular weight is 471 g/mol. The van der Waals surface area contributed by atoms with Crippen molar-refractivity contribution < 1.29 is 17.6 Å². The highest BCUT2D eigenvalue weighted by Gasteiger charge is 2.26. The van der Waals surface area contributed by atoms with Gasteiger partial charge in [0.05, 0.1) is 11.9 Å². The predicted molar refractivity (Wildman–Crippen MR) is 115 cm³/mol. The van der Waals surface area contributed by atoms with E-state index in [1.165, 1.54) is 47.5 Å². The van der Waals surface area contributed by atoms with E-state index >= 15 is 0 Å². The number of hydrogen-bond donors (Lipinski definition) is 2. The molecule has 4 rings (SSSR count). The number of carbonyl (C=O) groups is 1. The maximum absolute atomic E-state index is 13.4. The Kier molecular flexibility index (Phi) is 5.96. The van der Waals surface area contributed by atoms with Gasteiger partial charge in [0.25, 0.3) is 15.9 Å². The van der Waals surface area contributed by atoms with Crippen molar-refractivity contribution in [2.24, 2.45) is 0 Å². The quantitative estimate of drug-likeness (QED) is 0.411. The summed E-state index contributed by atoms with van der Waals surface area (Å²) in [4.78, 5) is 39.3. The number of sulfonamides is 1. The number of aryl methyl sites for hydroxylation is 1. The van der Waals surface area contributed by atoms with Gasteiger partial charge in [-0.15, -0.1) is 0 Å². The first-order valence-corrected chi connectivity index (χ1v) is 11.4.